The molecule has 0 atom stereocenters. The lowest BCUT2D eigenvalue weighted by molar-refractivity contribution is 0.0697. The van der Waals surface area contributed by atoms with E-state index in [4.69, 9.17) is 21.0 Å². The molecule has 6 heteroatoms. The van der Waals surface area contributed by atoms with Gasteiger partial charge in [-0.25, -0.2) is 4.79 Å². The number of carboxylic acids is 1. The molecular formula is C21H17ClN2O3. The van der Waals surface area contributed by atoms with Crippen LogP contribution in [0.4, 0.5) is 5.69 Å². The standard InChI is InChI=1S/C21H17ClN2O3/c1-21(2)15-8-5-9-16(22)18(15)23-19(24-21)17-10-12(11-27-17)13-6-3-4-7-14(13)20(25)26/h3-11H,1-2H3,(H,23,24)(H,25,26). The van der Waals surface area contributed by atoms with Crippen LogP contribution in [0.2, 0.25) is 5.02 Å². The van der Waals surface area contributed by atoms with Crippen LogP contribution >= 0.6 is 11.6 Å². The zero-order chi connectivity index (χ0) is 19.2. The second-order valence-electron chi connectivity index (χ2n) is 6.86. The van der Waals surface area contributed by atoms with Crippen LogP contribution in [-0.4, -0.2) is 16.9 Å². The van der Waals surface area contributed by atoms with Gasteiger partial charge in [-0.15, -0.1) is 0 Å². The zero-order valence-corrected chi connectivity index (χ0v) is 15.5. The van der Waals surface area contributed by atoms with Crippen LogP contribution in [0.1, 0.15) is 35.5 Å². The highest BCUT2D eigenvalue weighted by atomic mass is 35.5. The fourth-order valence-corrected chi connectivity index (χ4v) is 3.51. The van der Waals surface area contributed by atoms with Crippen LogP contribution in [0.3, 0.4) is 0 Å². The maximum absolute atomic E-state index is 11.5. The van der Waals surface area contributed by atoms with Crippen molar-refractivity contribution in [3.63, 3.8) is 0 Å². The summed E-state index contributed by atoms with van der Waals surface area (Å²) >= 11 is 6.37. The van der Waals surface area contributed by atoms with Crippen LogP contribution in [0.15, 0.2) is 64.2 Å². The summed E-state index contributed by atoms with van der Waals surface area (Å²) in [7, 11) is 0. The maximum atomic E-state index is 11.5. The van der Waals surface area contributed by atoms with Gasteiger partial charge in [0.25, 0.3) is 0 Å². The predicted octanol–water partition coefficient (Wildman–Crippen LogP) is 5.41. The summed E-state index contributed by atoms with van der Waals surface area (Å²) in [6.45, 7) is 4.01. The number of nitrogens with zero attached hydrogens (tertiary/aromatic N) is 1. The average molecular weight is 381 g/mol. The number of hydrogen-bond donors (Lipinski definition) is 2. The fourth-order valence-electron chi connectivity index (χ4n) is 3.29. The summed E-state index contributed by atoms with van der Waals surface area (Å²) in [5.74, 6) is 0.0896. The molecule has 0 saturated carbocycles. The number of carboxylic acid groups (broad SMARTS) is 1. The second-order valence-corrected chi connectivity index (χ2v) is 7.26. The molecule has 1 aliphatic rings. The van der Waals surface area contributed by atoms with Crippen molar-refractivity contribution in [3.8, 4) is 11.1 Å². The first-order chi connectivity index (χ1) is 12.9. The number of carbonyl (C=O) groups is 1. The first-order valence-electron chi connectivity index (χ1n) is 8.44. The summed E-state index contributed by atoms with van der Waals surface area (Å²) in [5, 5.41) is 13.3. The Morgan fingerprint density at radius 1 is 1.19 bits per heavy atom. The van der Waals surface area contributed by atoms with E-state index in [1.807, 2.05) is 32.0 Å². The maximum Gasteiger partial charge on any atom is 0.336 e. The number of hydrogen-bond acceptors (Lipinski definition) is 4. The number of amidine groups is 1. The molecule has 0 aliphatic carbocycles. The van der Waals surface area contributed by atoms with E-state index in [0.717, 1.165) is 11.3 Å². The van der Waals surface area contributed by atoms with Gasteiger partial charge in [-0.05, 0) is 37.6 Å². The van der Waals surface area contributed by atoms with Crippen LogP contribution in [0, 0.1) is 0 Å². The first-order valence-corrected chi connectivity index (χ1v) is 8.82. The SMILES string of the molecule is CC1(C)N=C(c2cc(-c3ccccc3C(=O)O)co2)Nc2c(Cl)cccc21. The number of benzene rings is 2. The number of halogens is 1. The van der Waals surface area contributed by atoms with E-state index >= 15 is 0 Å². The van der Waals surface area contributed by atoms with E-state index in [9.17, 15) is 9.90 Å². The number of rotatable bonds is 3. The second kappa shape index (κ2) is 6.28. The van der Waals surface area contributed by atoms with Gasteiger partial charge < -0.3 is 14.8 Å². The molecule has 0 amide bonds. The van der Waals surface area contributed by atoms with E-state index in [2.05, 4.69) is 5.32 Å². The van der Waals surface area contributed by atoms with Gasteiger partial charge in [-0.1, -0.05) is 41.9 Å². The fraction of sp³-hybridized carbons (Fsp3) is 0.143. The monoisotopic (exact) mass is 380 g/mol. The smallest absolute Gasteiger partial charge is 0.336 e. The largest absolute Gasteiger partial charge is 0.478 e. The van der Waals surface area contributed by atoms with Crippen molar-refractivity contribution < 1.29 is 14.3 Å². The van der Waals surface area contributed by atoms with Gasteiger partial charge in [-0.3, -0.25) is 4.99 Å². The summed E-state index contributed by atoms with van der Waals surface area (Å²) in [6, 6.07) is 14.3. The van der Waals surface area contributed by atoms with Gasteiger partial charge in [-0.2, -0.15) is 0 Å². The summed E-state index contributed by atoms with van der Waals surface area (Å²) < 4.78 is 5.71. The van der Waals surface area contributed by atoms with Gasteiger partial charge in [0.15, 0.2) is 11.6 Å². The van der Waals surface area contributed by atoms with E-state index in [1.54, 1.807) is 30.3 Å². The van der Waals surface area contributed by atoms with Crippen LogP contribution < -0.4 is 5.32 Å². The van der Waals surface area contributed by atoms with E-state index in [-0.39, 0.29) is 5.56 Å². The van der Waals surface area contributed by atoms with Crippen molar-refractivity contribution in [1.29, 1.82) is 0 Å². The number of fused-ring (bicyclic) bond motifs is 1. The zero-order valence-electron chi connectivity index (χ0n) is 14.8. The molecular weight excluding hydrogens is 364 g/mol. The highest BCUT2D eigenvalue weighted by Crippen LogP contribution is 2.40. The van der Waals surface area contributed by atoms with Gasteiger partial charge in [0.2, 0.25) is 0 Å². The average Bonchev–Trinajstić information content (AvgIpc) is 3.12. The van der Waals surface area contributed by atoms with Gasteiger partial charge >= 0.3 is 5.97 Å². The molecule has 0 spiro atoms. The lowest BCUT2D eigenvalue weighted by atomic mass is 9.91. The summed E-state index contributed by atoms with van der Waals surface area (Å²) in [4.78, 5) is 16.3. The third-order valence-corrected chi connectivity index (χ3v) is 4.92. The molecule has 2 N–H and O–H groups in total. The third-order valence-electron chi connectivity index (χ3n) is 4.61. The normalized spacial score (nSPS) is 14.9. The Kier molecular flexibility index (Phi) is 4.04. The lowest BCUT2D eigenvalue weighted by Gasteiger charge is -2.30. The molecule has 2 aromatic carbocycles. The third kappa shape index (κ3) is 3.00. The minimum atomic E-state index is -0.983. The van der Waals surface area contributed by atoms with Gasteiger partial charge in [0.05, 0.1) is 28.1 Å². The van der Waals surface area contributed by atoms with Crippen molar-refractivity contribution in [3.05, 3.63) is 76.7 Å². The van der Waals surface area contributed by atoms with E-state index in [1.165, 1.54) is 6.26 Å². The molecule has 4 rings (SSSR count). The quantitative estimate of drug-likeness (QED) is 0.637. The Bertz CT molecular complexity index is 1080. The van der Waals surface area contributed by atoms with E-state index < -0.39 is 11.5 Å². The molecule has 5 nitrogen and oxygen atoms in total. The number of nitrogens with one attached hydrogen (secondary N) is 1. The van der Waals surface area contributed by atoms with Crippen molar-refractivity contribution in [2.24, 2.45) is 4.99 Å². The molecule has 27 heavy (non-hydrogen) atoms. The van der Waals surface area contributed by atoms with Crippen molar-refractivity contribution in [1.82, 2.24) is 0 Å². The summed E-state index contributed by atoms with van der Waals surface area (Å²) in [5.41, 5.74) is 2.81. The number of para-hydroxylation sites is 1. The Balaban J connectivity index is 1.76. The highest BCUT2D eigenvalue weighted by molar-refractivity contribution is 6.34. The Hall–Kier alpha value is -3.05. The Morgan fingerprint density at radius 2 is 1.96 bits per heavy atom. The molecule has 0 saturated heterocycles. The number of aliphatic imine (C=N–C) groups is 1. The Morgan fingerprint density at radius 3 is 2.74 bits per heavy atom. The molecule has 1 aliphatic heterocycles. The summed E-state index contributed by atoms with van der Waals surface area (Å²) in [6.07, 6.45) is 1.54. The number of aromatic carboxylic acids is 1. The highest BCUT2D eigenvalue weighted by Gasteiger charge is 2.31. The van der Waals surface area contributed by atoms with Gasteiger partial charge in [0, 0.05) is 11.1 Å². The predicted molar refractivity (Wildman–Crippen MR) is 106 cm³/mol. The van der Waals surface area contributed by atoms with Crippen LogP contribution in [0.5, 0.6) is 0 Å². The van der Waals surface area contributed by atoms with Crippen LogP contribution in [0.25, 0.3) is 11.1 Å². The molecule has 0 radical (unpaired) electrons. The molecule has 0 unspecified atom stereocenters. The molecule has 0 bridgehead atoms. The van der Waals surface area contributed by atoms with Gasteiger partial charge in [0.1, 0.15) is 0 Å². The van der Waals surface area contributed by atoms with E-state index in [0.29, 0.717) is 27.7 Å². The first kappa shape index (κ1) is 17.4. The Labute approximate surface area is 161 Å². The molecule has 1 aromatic heterocycles. The van der Waals surface area contributed by atoms with Crippen LogP contribution in [-0.2, 0) is 5.54 Å². The number of furan rings is 1. The number of anilines is 1. The molecule has 3 aromatic rings. The minimum absolute atomic E-state index is 0.220. The topological polar surface area (TPSA) is 74.8 Å². The van der Waals surface area contributed by atoms with Crippen molar-refractivity contribution in [2.75, 3.05) is 5.32 Å². The van der Waals surface area contributed by atoms with Crippen molar-refractivity contribution in [2.45, 2.75) is 19.4 Å². The molecule has 2 heterocycles. The molecule has 0 fully saturated rings. The minimum Gasteiger partial charge on any atom is -0.478 e. The van der Waals surface area contributed by atoms with Crippen molar-refractivity contribution >= 4 is 29.1 Å². The lowest BCUT2D eigenvalue weighted by Crippen LogP contribution is -2.29. The molecule has 136 valence electrons.